The molecule has 0 spiro atoms. The lowest BCUT2D eigenvalue weighted by Gasteiger charge is -2.35. The van der Waals surface area contributed by atoms with Crippen molar-refractivity contribution in [2.45, 2.75) is 13.2 Å². The van der Waals surface area contributed by atoms with E-state index in [1.54, 1.807) is 0 Å². The number of carbonyl (C=O) groups is 1. The van der Waals surface area contributed by atoms with Crippen LogP contribution in [0.25, 0.3) is 10.9 Å². The minimum Gasteiger partial charge on any atom is -0.489 e. The minimum absolute atomic E-state index is 0.0944. The topological polar surface area (TPSA) is 45.7 Å². The Balaban J connectivity index is 1.15. The highest BCUT2D eigenvalue weighted by Gasteiger charge is 2.22. The molecule has 1 aliphatic heterocycles. The molecule has 1 amide bonds. The molecule has 0 radical (unpaired) electrons. The standard InChI is InChI=1S/C28H27N3O2/c32-28(24-13-11-22(12-14-24)21-33-26-9-2-1-3-10-26)31-18-16-30(17-19-31)20-25-7-4-6-23-8-5-15-29-27(23)25/h1-15H,16-21H2. The molecule has 1 aliphatic rings. The summed E-state index contributed by atoms with van der Waals surface area (Å²) in [6.45, 7) is 4.52. The number of amides is 1. The number of hydrogen-bond donors (Lipinski definition) is 0. The first-order valence-electron chi connectivity index (χ1n) is 11.4. The van der Waals surface area contributed by atoms with E-state index in [1.165, 1.54) is 10.9 Å². The highest BCUT2D eigenvalue weighted by atomic mass is 16.5. The zero-order valence-electron chi connectivity index (χ0n) is 18.6. The van der Waals surface area contributed by atoms with E-state index in [9.17, 15) is 4.79 Å². The van der Waals surface area contributed by atoms with Crippen LogP contribution in [0.5, 0.6) is 5.75 Å². The number of nitrogens with zero attached hydrogens (tertiary/aromatic N) is 3. The molecule has 0 atom stereocenters. The fourth-order valence-corrected chi connectivity index (χ4v) is 4.25. The number of rotatable bonds is 6. The zero-order valence-corrected chi connectivity index (χ0v) is 18.6. The Kier molecular flexibility index (Phi) is 6.31. The molecule has 0 saturated carbocycles. The second-order valence-corrected chi connectivity index (χ2v) is 8.36. The van der Waals surface area contributed by atoms with E-state index in [-0.39, 0.29) is 5.91 Å². The maximum absolute atomic E-state index is 13.0. The normalized spacial score (nSPS) is 14.4. The molecule has 5 rings (SSSR count). The average molecular weight is 438 g/mol. The van der Waals surface area contributed by atoms with Crippen molar-refractivity contribution < 1.29 is 9.53 Å². The Morgan fingerprint density at radius 3 is 2.36 bits per heavy atom. The van der Waals surface area contributed by atoms with Gasteiger partial charge in [-0.25, -0.2) is 0 Å². The van der Waals surface area contributed by atoms with E-state index in [0.29, 0.717) is 6.61 Å². The van der Waals surface area contributed by atoms with Crippen molar-refractivity contribution in [3.63, 3.8) is 0 Å². The highest BCUT2D eigenvalue weighted by Crippen LogP contribution is 2.19. The van der Waals surface area contributed by atoms with Crippen LogP contribution in [0.2, 0.25) is 0 Å². The van der Waals surface area contributed by atoms with Gasteiger partial charge in [-0.2, -0.15) is 0 Å². The summed E-state index contributed by atoms with van der Waals surface area (Å²) >= 11 is 0. The molecule has 1 fully saturated rings. The molecule has 4 aromatic rings. The van der Waals surface area contributed by atoms with Gasteiger partial charge in [0.25, 0.3) is 5.91 Å². The molecule has 1 saturated heterocycles. The van der Waals surface area contributed by atoms with Crippen molar-refractivity contribution in [1.29, 1.82) is 0 Å². The molecule has 5 heteroatoms. The van der Waals surface area contributed by atoms with Gasteiger partial charge in [0.2, 0.25) is 0 Å². The van der Waals surface area contributed by atoms with Gasteiger partial charge >= 0.3 is 0 Å². The first-order chi connectivity index (χ1) is 16.3. The molecule has 0 unspecified atom stereocenters. The zero-order chi connectivity index (χ0) is 22.5. The molecule has 3 aromatic carbocycles. The maximum Gasteiger partial charge on any atom is 0.253 e. The van der Waals surface area contributed by atoms with Crippen molar-refractivity contribution in [2.24, 2.45) is 0 Å². The third-order valence-electron chi connectivity index (χ3n) is 6.12. The number of hydrogen-bond acceptors (Lipinski definition) is 4. The Morgan fingerprint density at radius 2 is 1.58 bits per heavy atom. The number of pyridine rings is 1. The summed E-state index contributed by atoms with van der Waals surface area (Å²) in [5.41, 5.74) is 4.07. The monoisotopic (exact) mass is 437 g/mol. The highest BCUT2D eigenvalue weighted by molar-refractivity contribution is 5.94. The Hall–Kier alpha value is -3.70. The smallest absolute Gasteiger partial charge is 0.253 e. The van der Waals surface area contributed by atoms with Gasteiger partial charge in [-0.3, -0.25) is 14.7 Å². The summed E-state index contributed by atoms with van der Waals surface area (Å²) in [4.78, 5) is 21.9. The van der Waals surface area contributed by atoms with Crippen LogP contribution in [0.3, 0.4) is 0 Å². The van der Waals surface area contributed by atoms with Gasteiger partial charge in [-0.1, -0.05) is 54.6 Å². The molecule has 0 N–H and O–H groups in total. The fraction of sp³-hybridized carbons (Fsp3) is 0.214. The van der Waals surface area contributed by atoms with E-state index >= 15 is 0 Å². The third-order valence-corrected chi connectivity index (χ3v) is 6.12. The molecule has 1 aromatic heterocycles. The van der Waals surface area contributed by atoms with Crippen molar-refractivity contribution >= 4 is 16.8 Å². The van der Waals surface area contributed by atoms with E-state index in [4.69, 9.17) is 4.74 Å². The SMILES string of the molecule is O=C(c1ccc(COc2ccccc2)cc1)N1CCN(Cc2cccc3cccnc23)CC1. The van der Waals surface area contributed by atoms with Gasteiger partial charge in [0, 0.05) is 49.9 Å². The molecule has 5 nitrogen and oxygen atoms in total. The maximum atomic E-state index is 13.0. The first-order valence-corrected chi connectivity index (χ1v) is 11.4. The van der Waals surface area contributed by atoms with Gasteiger partial charge in [0.15, 0.2) is 0 Å². The predicted molar refractivity (Wildman–Crippen MR) is 130 cm³/mol. The van der Waals surface area contributed by atoms with Crippen molar-refractivity contribution in [3.8, 4) is 5.75 Å². The number of para-hydroxylation sites is 2. The number of ether oxygens (including phenoxy) is 1. The largest absolute Gasteiger partial charge is 0.489 e. The molecular formula is C28H27N3O2. The molecule has 166 valence electrons. The quantitative estimate of drug-likeness (QED) is 0.436. The molecule has 33 heavy (non-hydrogen) atoms. The Labute approximate surface area is 194 Å². The van der Waals surface area contributed by atoms with E-state index < -0.39 is 0 Å². The van der Waals surface area contributed by atoms with Gasteiger partial charge in [-0.05, 0) is 41.5 Å². The number of fused-ring (bicyclic) bond motifs is 1. The third kappa shape index (κ3) is 5.04. The molecule has 0 aliphatic carbocycles. The van der Waals surface area contributed by atoms with Gasteiger partial charge in [0.05, 0.1) is 5.52 Å². The fourth-order valence-electron chi connectivity index (χ4n) is 4.25. The van der Waals surface area contributed by atoms with Crippen LogP contribution >= 0.6 is 0 Å². The molecular weight excluding hydrogens is 410 g/mol. The van der Waals surface area contributed by atoms with Crippen molar-refractivity contribution in [3.05, 3.63) is 108 Å². The lowest BCUT2D eigenvalue weighted by atomic mass is 10.1. The Morgan fingerprint density at radius 1 is 0.818 bits per heavy atom. The van der Waals surface area contributed by atoms with Crippen LogP contribution in [-0.4, -0.2) is 46.9 Å². The minimum atomic E-state index is 0.0944. The summed E-state index contributed by atoms with van der Waals surface area (Å²) in [7, 11) is 0. The van der Waals surface area contributed by atoms with E-state index in [0.717, 1.165) is 55.1 Å². The van der Waals surface area contributed by atoms with Gasteiger partial charge in [0.1, 0.15) is 12.4 Å². The number of piperazine rings is 1. The van der Waals surface area contributed by atoms with Gasteiger partial charge in [-0.15, -0.1) is 0 Å². The van der Waals surface area contributed by atoms with E-state index in [2.05, 4.69) is 34.1 Å². The molecule has 2 heterocycles. The van der Waals surface area contributed by atoms with Crippen LogP contribution in [-0.2, 0) is 13.2 Å². The first kappa shape index (κ1) is 21.2. The van der Waals surface area contributed by atoms with Crippen LogP contribution in [0.1, 0.15) is 21.5 Å². The number of carbonyl (C=O) groups excluding carboxylic acids is 1. The van der Waals surface area contributed by atoms with E-state index in [1.807, 2.05) is 71.8 Å². The summed E-state index contributed by atoms with van der Waals surface area (Å²) < 4.78 is 5.79. The number of benzene rings is 3. The van der Waals surface area contributed by atoms with Crippen molar-refractivity contribution in [2.75, 3.05) is 26.2 Å². The van der Waals surface area contributed by atoms with Crippen LogP contribution < -0.4 is 4.74 Å². The lowest BCUT2D eigenvalue weighted by Crippen LogP contribution is -2.48. The predicted octanol–water partition coefficient (Wildman–Crippen LogP) is 4.77. The molecule has 0 bridgehead atoms. The summed E-state index contributed by atoms with van der Waals surface area (Å²) in [6.07, 6.45) is 1.85. The number of aromatic nitrogens is 1. The van der Waals surface area contributed by atoms with Crippen molar-refractivity contribution in [1.82, 2.24) is 14.8 Å². The second kappa shape index (κ2) is 9.84. The summed E-state index contributed by atoms with van der Waals surface area (Å²) in [5.74, 6) is 0.937. The average Bonchev–Trinajstić information content (AvgIpc) is 2.89. The van der Waals surface area contributed by atoms with Crippen LogP contribution in [0.15, 0.2) is 91.1 Å². The summed E-state index contributed by atoms with van der Waals surface area (Å²) in [6, 6.07) is 27.9. The van der Waals surface area contributed by atoms with Crippen LogP contribution in [0, 0.1) is 0 Å². The second-order valence-electron chi connectivity index (χ2n) is 8.36. The van der Waals surface area contributed by atoms with Gasteiger partial charge < -0.3 is 9.64 Å². The Bertz CT molecular complexity index is 1210. The summed E-state index contributed by atoms with van der Waals surface area (Å²) in [5, 5.41) is 1.17. The van der Waals surface area contributed by atoms with Crippen LogP contribution in [0.4, 0.5) is 0 Å². The lowest BCUT2D eigenvalue weighted by molar-refractivity contribution is 0.0629.